The van der Waals surface area contributed by atoms with Crippen LogP contribution in [0.3, 0.4) is 0 Å². The van der Waals surface area contributed by atoms with E-state index in [1.165, 1.54) is 18.2 Å². The van der Waals surface area contributed by atoms with E-state index in [0.717, 1.165) is 6.07 Å². The van der Waals surface area contributed by atoms with Gasteiger partial charge in [-0.15, -0.1) is 0 Å². The second-order valence-corrected chi connectivity index (χ2v) is 2.44. The van der Waals surface area contributed by atoms with Gasteiger partial charge in [-0.25, -0.2) is 4.79 Å². The number of hydrogen-bond donors (Lipinski definition) is 1. The molecule has 0 unspecified atom stereocenters. The lowest BCUT2D eigenvalue weighted by atomic mass is 10.1. The molecule has 0 fully saturated rings. The van der Waals surface area contributed by atoms with Crippen LogP contribution in [0.15, 0.2) is 24.3 Å². The number of rotatable bonds is 3. The molecule has 1 rings (SSSR count). The van der Waals surface area contributed by atoms with Crippen molar-refractivity contribution in [3.05, 3.63) is 39.9 Å². The van der Waals surface area contributed by atoms with Crippen molar-refractivity contribution < 1.29 is 19.6 Å². The number of nitro groups is 1. The van der Waals surface area contributed by atoms with E-state index in [0.29, 0.717) is 0 Å². The maximum Gasteiger partial charge on any atom is 0.377 e. The molecule has 1 aromatic carbocycles. The van der Waals surface area contributed by atoms with E-state index in [-0.39, 0.29) is 11.3 Å². The highest BCUT2D eigenvalue weighted by molar-refractivity contribution is 6.39. The molecule has 14 heavy (non-hydrogen) atoms. The van der Waals surface area contributed by atoms with Gasteiger partial charge in [-0.05, 0) is 0 Å². The SMILES string of the molecule is O=C(O)C(=O)c1cccc([N+](=O)[O-])c1. The number of Topliss-reactive ketones (excluding diaryl/α,β-unsaturated/α-hetero) is 1. The first-order chi connectivity index (χ1) is 6.52. The van der Waals surface area contributed by atoms with Crippen molar-refractivity contribution in [1.29, 1.82) is 0 Å². The molecule has 6 heteroatoms. The molecule has 0 spiro atoms. The van der Waals surface area contributed by atoms with Crippen molar-refractivity contribution in [3.63, 3.8) is 0 Å². The first-order valence-corrected chi connectivity index (χ1v) is 3.54. The van der Waals surface area contributed by atoms with Gasteiger partial charge >= 0.3 is 5.97 Å². The topological polar surface area (TPSA) is 97.5 Å². The third-order valence-electron chi connectivity index (χ3n) is 1.51. The molecule has 0 aromatic heterocycles. The predicted octanol–water partition coefficient (Wildman–Crippen LogP) is 0.862. The zero-order chi connectivity index (χ0) is 10.7. The van der Waals surface area contributed by atoms with Crippen molar-refractivity contribution in [1.82, 2.24) is 0 Å². The van der Waals surface area contributed by atoms with Gasteiger partial charge in [0.2, 0.25) is 0 Å². The van der Waals surface area contributed by atoms with Crippen molar-refractivity contribution >= 4 is 17.4 Å². The average Bonchev–Trinajstić information content (AvgIpc) is 2.16. The summed E-state index contributed by atoms with van der Waals surface area (Å²) < 4.78 is 0. The Morgan fingerprint density at radius 2 is 2.00 bits per heavy atom. The minimum Gasteiger partial charge on any atom is -0.475 e. The molecule has 0 atom stereocenters. The highest BCUT2D eigenvalue weighted by Crippen LogP contribution is 2.13. The van der Waals surface area contributed by atoms with Gasteiger partial charge in [0.05, 0.1) is 4.92 Å². The van der Waals surface area contributed by atoms with Crippen LogP contribution >= 0.6 is 0 Å². The molecular weight excluding hydrogens is 190 g/mol. The van der Waals surface area contributed by atoms with Crippen LogP contribution in [-0.2, 0) is 4.79 Å². The fourth-order valence-corrected chi connectivity index (χ4v) is 0.884. The molecule has 0 bridgehead atoms. The Morgan fingerprint density at radius 3 is 2.50 bits per heavy atom. The van der Waals surface area contributed by atoms with E-state index >= 15 is 0 Å². The third kappa shape index (κ3) is 1.92. The number of hydrogen-bond acceptors (Lipinski definition) is 4. The highest BCUT2D eigenvalue weighted by atomic mass is 16.6. The van der Waals surface area contributed by atoms with Gasteiger partial charge in [-0.2, -0.15) is 0 Å². The Labute approximate surface area is 77.9 Å². The minimum absolute atomic E-state index is 0.202. The normalized spacial score (nSPS) is 9.43. The fourth-order valence-electron chi connectivity index (χ4n) is 0.884. The summed E-state index contributed by atoms with van der Waals surface area (Å²) in [6.45, 7) is 0. The van der Waals surface area contributed by atoms with E-state index in [1.54, 1.807) is 0 Å². The summed E-state index contributed by atoms with van der Waals surface area (Å²) in [4.78, 5) is 30.8. The summed E-state index contributed by atoms with van der Waals surface area (Å²) in [7, 11) is 0. The lowest BCUT2D eigenvalue weighted by Crippen LogP contribution is -2.12. The van der Waals surface area contributed by atoms with E-state index in [4.69, 9.17) is 5.11 Å². The zero-order valence-electron chi connectivity index (χ0n) is 6.84. The van der Waals surface area contributed by atoms with E-state index in [1.807, 2.05) is 0 Å². The Bertz CT molecular complexity index is 412. The summed E-state index contributed by atoms with van der Waals surface area (Å²) in [6, 6.07) is 4.58. The van der Waals surface area contributed by atoms with Gasteiger partial charge in [0.1, 0.15) is 0 Å². The number of non-ortho nitro benzene ring substituents is 1. The lowest BCUT2D eigenvalue weighted by Gasteiger charge is -1.95. The monoisotopic (exact) mass is 195 g/mol. The van der Waals surface area contributed by atoms with Crippen molar-refractivity contribution in [2.45, 2.75) is 0 Å². The third-order valence-corrected chi connectivity index (χ3v) is 1.51. The quantitative estimate of drug-likeness (QED) is 0.334. The maximum absolute atomic E-state index is 10.9. The Kier molecular flexibility index (Phi) is 2.57. The molecule has 0 saturated carbocycles. The van der Waals surface area contributed by atoms with Crippen molar-refractivity contribution in [3.8, 4) is 0 Å². The van der Waals surface area contributed by atoms with E-state index in [9.17, 15) is 19.7 Å². The summed E-state index contributed by atoms with van der Waals surface area (Å²) in [5, 5.41) is 18.6. The van der Waals surface area contributed by atoms with Crippen LogP contribution in [0.1, 0.15) is 10.4 Å². The number of carbonyl (C=O) groups is 2. The molecular formula is C8H5NO5. The maximum atomic E-state index is 10.9. The molecule has 1 N–H and O–H groups in total. The minimum atomic E-state index is -1.63. The lowest BCUT2D eigenvalue weighted by molar-refractivity contribution is -0.384. The number of aliphatic carboxylic acids is 1. The number of benzene rings is 1. The highest BCUT2D eigenvalue weighted by Gasteiger charge is 2.16. The second-order valence-electron chi connectivity index (χ2n) is 2.44. The first-order valence-electron chi connectivity index (χ1n) is 3.54. The van der Waals surface area contributed by atoms with Crippen LogP contribution in [0.2, 0.25) is 0 Å². The van der Waals surface area contributed by atoms with Crippen LogP contribution in [0, 0.1) is 10.1 Å². The number of ketones is 1. The van der Waals surface area contributed by atoms with Crippen LogP contribution < -0.4 is 0 Å². The molecule has 72 valence electrons. The van der Waals surface area contributed by atoms with Gasteiger partial charge in [0.25, 0.3) is 11.5 Å². The molecule has 6 nitrogen and oxygen atoms in total. The van der Waals surface area contributed by atoms with Gasteiger partial charge in [0, 0.05) is 17.7 Å². The van der Waals surface area contributed by atoms with E-state index < -0.39 is 16.7 Å². The zero-order valence-corrected chi connectivity index (χ0v) is 6.84. The molecule has 0 aliphatic carbocycles. The van der Waals surface area contributed by atoms with Crippen molar-refractivity contribution in [2.24, 2.45) is 0 Å². The molecule has 0 aliphatic heterocycles. The van der Waals surface area contributed by atoms with Gasteiger partial charge in [0.15, 0.2) is 0 Å². The van der Waals surface area contributed by atoms with Crippen molar-refractivity contribution in [2.75, 3.05) is 0 Å². The van der Waals surface area contributed by atoms with E-state index in [2.05, 4.69) is 0 Å². The standard InChI is InChI=1S/C8H5NO5/c10-7(8(11)12)5-2-1-3-6(4-5)9(13)14/h1-4H,(H,11,12). The molecule has 0 radical (unpaired) electrons. The van der Waals surface area contributed by atoms with Crippen LogP contribution in [0.5, 0.6) is 0 Å². The predicted molar refractivity (Wildman–Crippen MR) is 45.1 cm³/mol. The smallest absolute Gasteiger partial charge is 0.377 e. The molecule has 0 heterocycles. The van der Waals surface area contributed by atoms with Crippen LogP contribution in [0.4, 0.5) is 5.69 Å². The summed E-state index contributed by atoms with van der Waals surface area (Å²) in [6.07, 6.45) is 0. The summed E-state index contributed by atoms with van der Waals surface area (Å²) in [5.74, 6) is -2.79. The number of nitro benzene ring substituents is 1. The summed E-state index contributed by atoms with van der Waals surface area (Å²) in [5.41, 5.74) is -0.510. The molecule has 0 amide bonds. The summed E-state index contributed by atoms with van der Waals surface area (Å²) >= 11 is 0. The van der Waals surface area contributed by atoms with Gasteiger partial charge < -0.3 is 5.11 Å². The molecule has 1 aromatic rings. The number of carboxylic acid groups (broad SMARTS) is 1. The first kappa shape index (κ1) is 9.85. The number of carboxylic acids is 1. The fraction of sp³-hybridized carbons (Fsp3) is 0. The van der Waals surface area contributed by atoms with Crippen LogP contribution in [0.25, 0.3) is 0 Å². The Hall–Kier alpha value is -2.24. The Balaban J connectivity index is 3.12. The number of nitrogens with zero attached hydrogens (tertiary/aromatic N) is 1. The van der Waals surface area contributed by atoms with Crippen LogP contribution in [-0.4, -0.2) is 21.8 Å². The second kappa shape index (κ2) is 3.65. The van der Waals surface area contributed by atoms with Gasteiger partial charge in [-0.1, -0.05) is 12.1 Å². The van der Waals surface area contributed by atoms with Gasteiger partial charge in [-0.3, -0.25) is 14.9 Å². The largest absolute Gasteiger partial charge is 0.475 e. The average molecular weight is 195 g/mol. The Morgan fingerprint density at radius 1 is 1.36 bits per heavy atom. The molecule has 0 aliphatic rings. The number of carbonyl (C=O) groups excluding carboxylic acids is 1. The molecule has 0 saturated heterocycles.